The number of rotatable bonds is 5. The van der Waals surface area contributed by atoms with Gasteiger partial charge in [0.1, 0.15) is 0 Å². The molecule has 1 aliphatic carbocycles. The molecule has 0 saturated carbocycles. The molecule has 7 nitrogen and oxygen atoms in total. The molecular weight excluding hydrogens is 360 g/mol. The predicted molar refractivity (Wildman–Crippen MR) is 105 cm³/mol. The number of ether oxygens (including phenoxy) is 2. The lowest BCUT2D eigenvalue weighted by Gasteiger charge is -2.39. The Morgan fingerprint density at radius 2 is 1.75 bits per heavy atom. The Morgan fingerprint density at radius 1 is 1.07 bits per heavy atom. The highest BCUT2D eigenvalue weighted by atomic mass is 16.5. The molecule has 0 radical (unpaired) electrons. The van der Waals surface area contributed by atoms with Gasteiger partial charge in [0.2, 0.25) is 5.91 Å². The summed E-state index contributed by atoms with van der Waals surface area (Å²) >= 11 is 0. The lowest BCUT2D eigenvalue weighted by atomic mass is 9.77. The fourth-order valence-electron chi connectivity index (χ4n) is 4.10. The summed E-state index contributed by atoms with van der Waals surface area (Å²) in [5.74, 6) is -0.168. The van der Waals surface area contributed by atoms with Crippen molar-refractivity contribution in [3.05, 3.63) is 63.9 Å². The largest absolute Gasteiger partial charge is 0.493 e. The van der Waals surface area contributed by atoms with E-state index in [9.17, 15) is 14.7 Å². The fraction of sp³-hybridized carbons (Fsp3) is 0.333. The van der Waals surface area contributed by atoms with Crippen molar-refractivity contribution in [1.82, 2.24) is 4.98 Å². The zero-order valence-corrected chi connectivity index (χ0v) is 15.8. The van der Waals surface area contributed by atoms with E-state index < -0.39 is 11.8 Å². The van der Waals surface area contributed by atoms with Gasteiger partial charge in [-0.15, -0.1) is 0 Å². The molecule has 7 heteroatoms. The first-order valence-corrected chi connectivity index (χ1v) is 9.19. The number of amides is 1. The number of carbonyl (C=O) groups excluding carboxylic acids is 1. The van der Waals surface area contributed by atoms with Crippen LogP contribution in [0.4, 0.5) is 5.69 Å². The van der Waals surface area contributed by atoms with Gasteiger partial charge in [0, 0.05) is 30.0 Å². The molecule has 28 heavy (non-hydrogen) atoms. The molecule has 2 heterocycles. The van der Waals surface area contributed by atoms with Crippen LogP contribution in [0.15, 0.2) is 52.7 Å². The van der Waals surface area contributed by atoms with Crippen molar-refractivity contribution in [3.63, 3.8) is 0 Å². The minimum atomic E-state index is -0.567. The van der Waals surface area contributed by atoms with E-state index >= 15 is 0 Å². The number of pyridine rings is 1. The summed E-state index contributed by atoms with van der Waals surface area (Å²) in [5.41, 5.74) is 1.58. The van der Waals surface area contributed by atoms with E-state index in [0.717, 1.165) is 5.39 Å². The molecule has 2 atom stereocenters. The number of aliphatic hydroxyl groups excluding tert-OH is 1. The number of aromatic amines is 1. The quantitative estimate of drug-likeness (QED) is 0.826. The number of hydrogen-bond donors (Lipinski definition) is 2. The van der Waals surface area contributed by atoms with Gasteiger partial charge >= 0.3 is 0 Å². The molecule has 0 fully saturated rings. The maximum atomic E-state index is 13.4. The van der Waals surface area contributed by atoms with Crippen LogP contribution >= 0.6 is 0 Å². The summed E-state index contributed by atoms with van der Waals surface area (Å²) in [6.45, 7) is 0.289. The first kappa shape index (κ1) is 18.3. The zero-order chi connectivity index (χ0) is 19.8. The second-order valence-corrected chi connectivity index (χ2v) is 6.85. The van der Waals surface area contributed by atoms with E-state index in [0.29, 0.717) is 41.3 Å². The zero-order valence-electron chi connectivity index (χ0n) is 15.8. The molecule has 1 aromatic carbocycles. The molecule has 146 valence electrons. The number of H-pyrrole nitrogens is 1. The number of benzene rings is 1. The number of para-hydroxylation sites is 1. The van der Waals surface area contributed by atoms with Crippen LogP contribution in [0.1, 0.15) is 17.9 Å². The van der Waals surface area contributed by atoms with Crippen molar-refractivity contribution < 1.29 is 19.4 Å². The molecule has 2 aromatic rings. The summed E-state index contributed by atoms with van der Waals surface area (Å²) < 4.78 is 10.8. The Kier molecular flexibility index (Phi) is 4.68. The molecule has 0 spiro atoms. The number of allylic oxidation sites excluding steroid dienone is 1. The van der Waals surface area contributed by atoms with Crippen molar-refractivity contribution in [3.8, 4) is 0 Å². The maximum absolute atomic E-state index is 13.4. The number of anilines is 1. The third kappa shape index (κ3) is 2.70. The van der Waals surface area contributed by atoms with E-state index in [-0.39, 0.29) is 18.1 Å². The second-order valence-electron chi connectivity index (χ2n) is 6.85. The Morgan fingerprint density at radius 3 is 2.43 bits per heavy atom. The number of aromatic nitrogens is 1. The third-order valence-electron chi connectivity index (χ3n) is 5.36. The van der Waals surface area contributed by atoms with Crippen molar-refractivity contribution in [2.24, 2.45) is 5.92 Å². The average molecular weight is 382 g/mol. The van der Waals surface area contributed by atoms with E-state index in [1.807, 2.05) is 24.3 Å². The molecule has 4 rings (SSSR count). The highest BCUT2D eigenvalue weighted by Gasteiger charge is 2.43. The Balaban J connectivity index is 2.00. The standard InChI is InChI=1S/C21H22N2O5/c1-27-16-10-13-14(11-17(16)28-2)21(26)23(8-5-9-24)19-12-6-3-4-7-15(12)22-20(25)18(13)19/h3-4,6-7,10-11,13-14,24H,5,8-9H2,1-2H3,(H,22,25). The van der Waals surface area contributed by atoms with Crippen molar-refractivity contribution >= 4 is 22.5 Å². The maximum Gasteiger partial charge on any atom is 0.254 e. The van der Waals surface area contributed by atoms with Gasteiger partial charge in [-0.25, -0.2) is 0 Å². The molecule has 0 saturated heterocycles. The highest BCUT2D eigenvalue weighted by molar-refractivity contribution is 6.08. The van der Waals surface area contributed by atoms with E-state index in [1.165, 1.54) is 14.2 Å². The molecule has 2 unspecified atom stereocenters. The van der Waals surface area contributed by atoms with Crippen molar-refractivity contribution in [2.75, 3.05) is 32.3 Å². The monoisotopic (exact) mass is 382 g/mol. The summed E-state index contributed by atoms with van der Waals surface area (Å²) in [7, 11) is 3.05. The van der Waals surface area contributed by atoms with Gasteiger partial charge in [0.25, 0.3) is 5.56 Å². The van der Waals surface area contributed by atoms with Gasteiger partial charge < -0.3 is 24.5 Å². The molecule has 2 N–H and O–H groups in total. The summed E-state index contributed by atoms with van der Waals surface area (Å²) in [6.07, 6.45) is 3.92. The molecule has 0 bridgehead atoms. The smallest absolute Gasteiger partial charge is 0.254 e. The van der Waals surface area contributed by atoms with Crippen LogP contribution in [0.3, 0.4) is 0 Å². The average Bonchev–Trinajstić information content (AvgIpc) is 2.72. The summed E-state index contributed by atoms with van der Waals surface area (Å²) in [6, 6.07) is 7.43. The lowest BCUT2D eigenvalue weighted by molar-refractivity contribution is -0.122. The van der Waals surface area contributed by atoms with Crippen molar-refractivity contribution in [2.45, 2.75) is 12.3 Å². The third-order valence-corrected chi connectivity index (χ3v) is 5.36. The SMILES string of the molecule is COC1=CC2C(=O)N(CCCO)c3c(c(=O)[nH]c4ccccc34)C2C=C1OC. The fourth-order valence-corrected chi connectivity index (χ4v) is 4.10. The summed E-state index contributed by atoms with van der Waals surface area (Å²) in [5, 5.41) is 10.1. The number of fused-ring (bicyclic) bond motifs is 5. The van der Waals surface area contributed by atoms with Crippen molar-refractivity contribution in [1.29, 1.82) is 0 Å². The van der Waals surface area contributed by atoms with E-state index in [4.69, 9.17) is 9.47 Å². The van der Waals surface area contributed by atoms with Gasteiger partial charge in [0.05, 0.1) is 31.3 Å². The van der Waals surface area contributed by atoms with Crippen LogP contribution in [0.25, 0.3) is 10.9 Å². The number of nitrogens with zero attached hydrogens (tertiary/aromatic N) is 1. The van der Waals surface area contributed by atoms with Gasteiger partial charge in [-0.3, -0.25) is 9.59 Å². The second kappa shape index (κ2) is 7.16. The molecule has 2 aliphatic rings. The number of methoxy groups -OCH3 is 2. The Bertz CT molecular complexity index is 1050. The van der Waals surface area contributed by atoms with Crippen LogP contribution in [0, 0.1) is 5.92 Å². The predicted octanol–water partition coefficient (Wildman–Crippen LogP) is 2.03. The van der Waals surface area contributed by atoms with Gasteiger partial charge in [-0.2, -0.15) is 0 Å². The molecular formula is C21H22N2O5. The number of hydrogen-bond acceptors (Lipinski definition) is 5. The van der Waals surface area contributed by atoms with Gasteiger partial charge in [-0.1, -0.05) is 18.2 Å². The number of nitrogens with one attached hydrogen (secondary N) is 1. The number of carbonyl (C=O) groups is 1. The normalized spacial score (nSPS) is 21.0. The summed E-state index contributed by atoms with van der Waals surface area (Å²) in [4.78, 5) is 31.0. The van der Waals surface area contributed by atoms with Crippen LogP contribution < -0.4 is 10.5 Å². The Labute approximate surface area is 161 Å². The van der Waals surface area contributed by atoms with E-state index in [2.05, 4.69) is 4.98 Å². The first-order chi connectivity index (χ1) is 13.6. The minimum absolute atomic E-state index is 0.0405. The molecule has 1 aromatic heterocycles. The number of aliphatic hydroxyl groups is 1. The van der Waals surface area contributed by atoms with Crippen LogP contribution in [-0.2, 0) is 14.3 Å². The van der Waals surface area contributed by atoms with Gasteiger partial charge in [-0.05, 0) is 24.6 Å². The Hall–Kier alpha value is -3.06. The van der Waals surface area contributed by atoms with Crippen LogP contribution in [-0.4, -0.2) is 43.4 Å². The molecule has 1 amide bonds. The lowest BCUT2D eigenvalue weighted by Crippen LogP contribution is -2.46. The molecule has 1 aliphatic heterocycles. The van der Waals surface area contributed by atoms with E-state index in [1.54, 1.807) is 17.1 Å². The highest BCUT2D eigenvalue weighted by Crippen LogP contribution is 2.45. The topological polar surface area (TPSA) is 91.9 Å². The van der Waals surface area contributed by atoms with Gasteiger partial charge in [0.15, 0.2) is 11.5 Å². The minimum Gasteiger partial charge on any atom is -0.493 e. The van der Waals surface area contributed by atoms with Crippen LogP contribution in [0.2, 0.25) is 0 Å². The first-order valence-electron chi connectivity index (χ1n) is 9.19. The van der Waals surface area contributed by atoms with Crippen LogP contribution in [0.5, 0.6) is 0 Å².